The first kappa shape index (κ1) is 15.5. The Labute approximate surface area is 143 Å². The summed E-state index contributed by atoms with van der Waals surface area (Å²) in [4.78, 5) is 18.5. The topological polar surface area (TPSA) is 23.6 Å². The van der Waals surface area contributed by atoms with Gasteiger partial charge in [-0.2, -0.15) is 0 Å². The van der Waals surface area contributed by atoms with E-state index in [1.54, 1.807) is 11.8 Å². The Balaban J connectivity index is 1.32. The molecular formula is C19H26N2OS. The maximum atomic E-state index is 12.6. The van der Waals surface area contributed by atoms with Gasteiger partial charge in [-0.25, -0.2) is 0 Å². The Bertz CT molecular complexity index is 603. The van der Waals surface area contributed by atoms with E-state index in [0.717, 1.165) is 38.0 Å². The lowest BCUT2D eigenvalue weighted by Gasteiger charge is -2.31. The van der Waals surface area contributed by atoms with E-state index in [2.05, 4.69) is 34.3 Å². The number of thioether (sulfide) groups is 1. The minimum atomic E-state index is 0.340. The minimum absolute atomic E-state index is 0.340. The third-order valence-corrected chi connectivity index (χ3v) is 6.64. The van der Waals surface area contributed by atoms with Gasteiger partial charge in [-0.05, 0) is 61.1 Å². The van der Waals surface area contributed by atoms with Gasteiger partial charge in [0.2, 0.25) is 5.91 Å². The summed E-state index contributed by atoms with van der Waals surface area (Å²) in [5, 5.41) is 0. The van der Waals surface area contributed by atoms with E-state index < -0.39 is 0 Å². The van der Waals surface area contributed by atoms with E-state index >= 15 is 0 Å². The molecule has 124 valence electrons. The zero-order valence-corrected chi connectivity index (χ0v) is 14.8. The Morgan fingerprint density at radius 3 is 2.96 bits per heavy atom. The largest absolute Gasteiger partial charge is 0.338 e. The van der Waals surface area contributed by atoms with Crippen molar-refractivity contribution >= 4 is 17.7 Å². The molecule has 2 heterocycles. The minimum Gasteiger partial charge on any atom is -0.338 e. The predicted molar refractivity (Wildman–Crippen MR) is 94.7 cm³/mol. The van der Waals surface area contributed by atoms with Crippen LogP contribution in [0.2, 0.25) is 0 Å². The van der Waals surface area contributed by atoms with Gasteiger partial charge in [-0.3, -0.25) is 9.69 Å². The number of rotatable bonds is 4. The molecule has 0 radical (unpaired) electrons. The molecule has 1 saturated carbocycles. The monoisotopic (exact) mass is 330 g/mol. The summed E-state index contributed by atoms with van der Waals surface area (Å²) in [6.07, 6.45) is 7.96. The summed E-state index contributed by atoms with van der Waals surface area (Å²) < 4.78 is 0. The number of amides is 1. The van der Waals surface area contributed by atoms with Gasteiger partial charge >= 0.3 is 0 Å². The number of fused-ring (bicyclic) bond motifs is 3. The molecule has 2 bridgehead atoms. The lowest BCUT2D eigenvalue weighted by atomic mass is 9.99. The maximum absolute atomic E-state index is 12.6. The Hall–Kier alpha value is -1.00. The van der Waals surface area contributed by atoms with Gasteiger partial charge in [-0.1, -0.05) is 6.07 Å². The quantitative estimate of drug-likeness (QED) is 0.792. The molecule has 0 N–H and O–H groups in total. The first-order valence-electron chi connectivity index (χ1n) is 8.90. The van der Waals surface area contributed by atoms with E-state index in [0.29, 0.717) is 12.3 Å². The van der Waals surface area contributed by atoms with Gasteiger partial charge in [0.25, 0.3) is 0 Å². The first-order chi connectivity index (χ1) is 11.2. The van der Waals surface area contributed by atoms with Crippen LogP contribution in [0, 0.1) is 5.92 Å². The van der Waals surface area contributed by atoms with Gasteiger partial charge in [0.1, 0.15) is 0 Å². The number of hydrogen-bond donors (Lipinski definition) is 0. The summed E-state index contributed by atoms with van der Waals surface area (Å²) in [5.74, 6) is 1.26. The van der Waals surface area contributed by atoms with Crippen molar-refractivity contribution in [2.75, 3.05) is 25.9 Å². The fraction of sp³-hybridized carbons (Fsp3) is 0.632. The number of carbonyl (C=O) groups is 1. The lowest BCUT2D eigenvalue weighted by molar-refractivity contribution is -0.132. The van der Waals surface area contributed by atoms with E-state index in [-0.39, 0.29) is 0 Å². The fourth-order valence-corrected chi connectivity index (χ4v) is 5.03. The van der Waals surface area contributed by atoms with Gasteiger partial charge in [0, 0.05) is 43.5 Å². The predicted octanol–water partition coefficient (Wildman–Crippen LogP) is 3.17. The van der Waals surface area contributed by atoms with Crippen LogP contribution in [0.25, 0.3) is 0 Å². The van der Waals surface area contributed by atoms with Crippen LogP contribution in [0.3, 0.4) is 0 Å². The number of likely N-dealkylation sites (tertiary alicyclic amines) is 1. The average Bonchev–Trinajstić information content (AvgIpc) is 3.21. The summed E-state index contributed by atoms with van der Waals surface area (Å²) >= 11 is 1.79. The van der Waals surface area contributed by atoms with Crippen LogP contribution in [0.1, 0.15) is 36.8 Å². The number of carbonyl (C=O) groups excluding carboxylic acids is 1. The van der Waals surface area contributed by atoms with E-state index in [4.69, 9.17) is 0 Å². The normalized spacial score (nSPS) is 26.6. The molecular weight excluding hydrogens is 304 g/mol. The molecule has 0 unspecified atom stereocenters. The molecule has 2 fully saturated rings. The molecule has 1 aromatic carbocycles. The summed E-state index contributed by atoms with van der Waals surface area (Å²) in [6, 6.07) is 7.46. The van der Waals surface area contributed by atoms with Crippen LogP contribution in [0.15, 0.2) is 23.1 Å². The average molecular weight is 330 g/mol. The zero-order valence-electron chi connectivity index (χ0n) is 14.0. The van der Waals surface area contributed by atoms with Gasteiger partial charge < -0.3 is 4.90 Å². The molecule has 3 nitrogen and oxygen atoms in total. The molecule has 23 heavy (non-hydrogen) atoms. The number of benzene rings is 1. The van der Waals surface area contributed by atoms with Crippen LogP contribution in [-0.4, -0.2) is 47.6 Å². The van der Waals surface area contributed by atoms with Crippen molar-refractivity contribution in [2.24, 2.45) is 5.92 Å². The second-order valence-corrected chi connectivity index (χ2v) is 8.16. The van der Waals surface area contributed by atoms with Crippen molar-refractivity contribution in [3.63, 3.8) is 0 Å². The number of hydrogen-bond acceptors (Lipinski definition) is 3. The molecule has 2 aliphatic heterocycles. The summed E-state index contributed by atoms with van der Waals surface area (Å²) in [5.41, 5.74) is 2.76. The summed E-state index contributed by atoms with van der Waals surface area (Å²) in [6.45, 7) is 3.89. The summed E-state index contributed by atoms with van der Waals surface area (Å²) in [7, 11) is 0. The first-order valence-corrected chi connectivity index (χ1v) is 10.1. The number of piperidine rings is 1. The number of nitrogens with zero attached hydrogens (tertiary/aromatic N) is 2. The third kappa shape index (κ3) is 3.16. The Kier molecular flexibility index (Phi) is 4.37. The highest BCUT2D eigenvalue weighted by Gasteiger charge is 2.37. The smallest absolute Gasteiger partial charge is 0.224 e. The lowest BCUT2D eigenvalue weighted by Crippen LogP contribution is -2.39. The fourth-order valence-electron chi connectivity index (χ4n) is 4.57. The third-order valence-electron chi connectivity index (χ3n) is 5.91. The zero-order chi connectivity index (χ0) is 15.8. The molecule has 0 aromatic heterocycles. The highest BCUT2D eigenvalue weighted by molar-refractivity contribution is 7.98. The molecule has 1 amide bonds. The van der Waals surface area contributed by atoms with Gasteiger partial charge in [-0.15, -0.1) is 11.8 Å². The second-order valence-electron chi connectivity index (χ2n) is 7.28. The van der Waals surface area contributed by atoms with Crippen molar-refractivity contribution in [1.29, 1.82) is 0 Å². The van der Waals surface area contributed by atoms with Crippen molar-refractivity contribution in [3.05, 3.63) is 29.3 Å². The van der Waals surface area contributed by atoms with Crippen molar-refractivity contribution in [1.82, 2.24) is 9.80 Å². The van der Waals surface area contributed by atoms with E-state index in [1.807, 2.05) is 0 Å². The van der Waals surface area contributed by atoms with Crippen LogP contribution in [0.4, 0.5) is 0 Å². The Morgan fingerprint density at radius 2 is 2.22 bits per heavy atom. The van der Waals surface area contributed by atoms with Crippen molar-refractivity contribution < 1.29 is 4.79 Å². The van der Waals surface area contributed by atoms with Crippen molar-refractivity contribution in [2.45, 2.75) is 49.6 Å². The Morgan fingerprint density at radius 1 is 1.30 bits per heavy atom. The molecule has 4 heteroatoms. The maximum Gasteiger partial charge on any atom is 0.224 e. The molecule has 1 saturated heterocycles. The second kappa shape index (κ2) is 6.48. The standard InChI is InChI=1S/C19H26N2OS/c1-23-18-5-3-16-13-21(8-6-15(16)11-18)19(22)7-9-20-12-14-2-4-17(20)10-14/h3,5,11,14,17H,2,4,6-10,12-13H2,1H3/t14-,17+/m1/s1. The molecule has 2 atom stereocenters. The highest BCUT2D eigenvalue weighted by atomic mass is 32.2. The molecule has 3 aliphatic rings. The van der Waals surface area contributed by atoms with Crippen LogP contribution in [-0.2, 0) is 17.8 Å². The van der Waals surface area contributed by atoms with E-state index in [1.165, 1.54) is 41.8 Å². The van der Waals surface area contributed by atoms with Crippen molar-refractivity contribution in [3.8, 4) is 0 Å². The SMILES string of the molecule is CSc1ccc2c(c1)CCN(C(=O)CCN1C[C@@H]3CC[C@H]1C3)C2. The molecule has 0 spiro atoms. The molecule has 1 aromatic rings. The molecule has 4 rings (SSSR count). The van der Waals surface area contributed by atoms with Gasteiger partial charge in [0.15, 0.2) is 0 Å². The molecule has 1 aliphatic carbocycles. The van der Waals surface area contributed by atoms with Gasteiger partial charge in [0.05, 0.1) is 0 Å². The van der Waals surface area contributed by atoms with E-state index in [9.17, 15) is 4.79 Å². The highest BCUT2D eigenvalue weighted by Crippen LogP contribution is 2.37. The van der Waals surface area contributed by atoms with Crippen LogP contribution < -0.4 is 0 Å². The van der Waals surface area contributed by atoms with Crippen LogP contribution >= 0.6 is 11.8 Å². The van der Waals surface area contributed by atoms with Crippen LogP contribution in [0.5, 0.6) is 0 Å².